The number of rotatable bonds is 3. The zero-order chi connectivity index (χ0) is 13.8. The number of carbonyl (C=O) groups excluding carboxylic acids is 1. The summed E-state index contributed by atoms with van der Waals surface area (Å²) in [5.74, 6) is -0.920. The van der Waals surface area contributed by atoms with Gasteiger partial charge in [0.15, 0.2) is 5.75 Å². The van der Waals surface area contributed by atoms with E-state index in [0.717, 1.165) is 0 Å². The van der Waals surface area contributed by atoms with E-state index in [1.54, 1.807) is 30.3 Å². The molecule has 5 heteroatoms. The molecule has 0 radical (unpaired) electrons. The van der Waals surface area contributed by atoms with Gasteiger partial charge in [0.2, 0.25) is 0 Å². The molecule has 0 bridgehead atoms. The van der Waals surface area contributed by atoms with Gasteiger partial charge in [-0.3, -0.25) is 0 Å². The molecule has 3 N–H and O–H groups in total. The van der Waals surface area contributed by atoms with Gasteiger partial charge in [-0.15, -0.1) is 0 Å². The molecule has 98 valence electrons. The SMILES string of the molecule is Nc1cccc(C(=O)OCc2ccccc2Cl)c1O. The van der Waals surface area contributed by atoms with Crippen LogP contribution in [0.1, 0.15) is 15.9 Å². The number of anilines is 1. The molecule has 0 heterocycles. The molecule has 0 saturated carbocycles. The molecule has 19 heavy (non-hydrogen) atoms. The summed E-state index contributed by atoms with van der Waals surface area (Å²) >= 11 is 5.95. The number of hydrogen-bond acceptors (Lipinski definition) is 4. The number of esters is 1. The summed E-state index contributed by atoms with van der Waals surface area (Å²) in [6, 6.07) is 11.6. The van der Waals surface area contributed by atoms with E-state index in [4.69, 9.17) is 22.1 Å². The quantitative estimate of drug-likeness (QED) is 0.514. The zero-order valence-corrected chi connectivity index (χ0v) is 10.7. The zero-order valence-electron chi connectivity index (χ0n) is 9.97. The molecule has 0 aromatic heterocycles. The van der Waals surface area contributed by atoms with Crippen LogP contribution in [0.25, 0.3) is 0 Å². The van der Waals surface area contributed by atoms with Gasteiger partial charge < -0.3 is 15.6 Å². The number of halogens is 1. The Hall–Kier alpha value is -2.20. The Bertz CT molecular complexity index is 613. The van der Waals surface area contributed by atoms with Crippen molar-refractivity contribution in [1.29, 1.82) is 0 Å². The average Bonchev–Trinajstić information content (AvgIpc) is 2.40. The summed E-state index contributed by atoms with van der Waals surface area (Å²) in [4.78, 5) is 11.8. The molecular weight excluding hydrogens is 266 g/mol. The third kappa shape index (κ3) is 2.98. The molecule has 0 unspecified atom stereocenters. The first-order chi connectivity index (χ1) is 9.09. The maximum absolute atomic E-state index is 11.8. The maximum Gasteiger partial charge on any atom is 0.342 e. The Balaban J connectivity index is 2.10. The van der Waals surface area contributed by atoms with Gasteiger partial charge in [0.25, 0.3) is 0 Å². The number of benzene rings is 2. The number of phenols is 1. The molecule has 0 aliphatic carbocycles. The highest BCUT2D eigenvalue weighted by atomic mass is 35.5. The van der Waals surface area contributed by atoms with Crippen LogP contribution in [-0.4, -0.2) is 11.1 Å². The molecule has 0 saturated heterocycles. The molecule has 0 aliphatic rings. The molecule has 2 aromatic carbocycles. The highest BCUT2D eigenvalue weighted by Gasteiger charge is 2.14. The summed E-state index contributed by atoms with van der Waals surface area (Å²) in [6.07, 6.45) is 0. The fourth-order valence-corrected chi connectivity index (χ4v) is 1.75. The third-order valence-corrected chi connectivity index (χ3v) is 2.97. The van der Waals surface area contributed by atoms with E-state index in [1.165, 1.54) is 12.1 Å². The summed E-state index contributed by atoms with van der Waals surface area (Å²) in [5, 5.41) is 10.2. The number of aromatic hydroxyl groups is 1. The van der Waals surface area contributed by atoms with E-state index in [-0.39, 0.29) is 23.6 Å². The van der Waals surface area contributed by atoms with Gasteiger partial charge in [-0.25, -0.2) is 4.79 Å². The minimum Gasteiger partial charge on any atom is -0.505 e. The normalized spacial score (nSPS) is 10.2. The van der Waals surface area contributed by atoms with Crippen LogP contribution in [-0.2, 0) is 11.3 Å². The molecule has 0 spiro atoms. The number of para-hydroxylation sites is 1. The lowest BCUT2D eigenvalue weighted by molar-refractivity contribution is 0.0469. The Morgan fingerprint density at radius 1 is 1.21 bits per heavy atom. The van der Waals surface area contributed by atoms with Gasteiger partial charge in [-0.1, -0.05) is 35.9 Å². The van der Waals surface area contributed by atoms with E-state index in [9.17, 15) is 9.90 Å². The molecular formula is C14H12ClNO3. The second kappa shape index (κ2) is 5.63. The van der Waals surface area contributed by atoms with Crippen LogP contribution >= 0.6 is 11.6 Å². The van der Waals surface area contributed by atoms with Gasteiger partial charge in [0.05, 0.1) is 5.69 Å². The highest BCUT2D eigenvalue weighted by molar-refractivity contribution is 6.31. The van der Waals surface area contributed by atoms with Crippen molar-refractivity contribution < 1.29 is 14.6 Å². The number of nitrogens with two attached hydrogens (primary N) is 1. The predicted molar refractivity (Wildman–Crippen MR) is 73.1 cm³/mol. The molecule has 2 aromatic rings. The van der Waals surface area contributed by atoms with Gasteiger partial charge >= 0.3 is 5.97 Å². The van der Waals surface area contributed by atoms with Gasteiger partial charge in [0.1, 0.15) is 12.2 Å². The number of hydrogen-bond donors (Lipinski definition) is 2. The van der Waals surface area contributed by atoms with Crippen molar-refractivity contribution in [2.75, 3.05) is 5.73 Å². The number of nitrogen functional groups attached to an aromatic ring is 1. The van der Waals surface area contributed by atoms with E-state index >= 15 is 0 Å². The van der Waals surface area contributed by atoms with Gasteiger partial charge in [-0.05, 0) is 18.2 Å². The second-order valence-corrected chi connectivity index (χ2v) is 4.32. The number of carbonyl (C=O) groups is 1. The topological polar surface area (TPSA) is 72.6 Å². The lowest BCUT2D eigenvalue weighted by Crippen LogP contribution is -2.06. The van der Waals surface area contributed by atoms with Crippen LogP contribution in [0.5, 0.6) is 5.75 Å². The van der Waals surface area contributed by atoms with Crippen LogP contribution in [0.15, 0.2) is 42.5 Å². The summed E-state index contributed by atoms with van der Waals surface area (Å²) in [5.41, 5.74) is 6.37. The summed E-state index contributed by atoms with van der Waals surface area (Å²) in [6.45, 7) is 0.0345. The van der Waals surface area contributed by atoms with Crippen molar-refractivity contribution in [3.8, 4) is 5.75 Å². The Kier molecular flexibility index (Phi) is 3.92. The molecule has 0 amide bonds. The Labute approximate surface area is 115 Å². The second-order valence-electron chi connectivity index (χ2n) is 3.91. The summed E-state index contributed by atoms with van der Waals surface area (Å²) in [7, 11) is 0. The average molecular weight is 278 g/mol. The van der Waals surface area contributed by atoms with Crippen molar-refractivity contribution in [3.63, 3.8) is 0 Å². The predicted octanol–water partition coefficient (Wildman–Crippen LogP) is 2.98. The maximum atomic E-state index is 11.8. The summed E-state index contributed by atoms with van der Waals surface area (Å²) < 4.78 is 5.09. The highest BCUT2D eigenvalue weighted by Crippen LogP contribution is 2.25. The largest absolute Gasteiger partial charge is 0.505 e. The lowest BCUT2D eigenvalue weighted by Gasteiger charge is -2.08. The molecule has 4 nitrogen and oxygen atoms in total. The Morgan fingerprint density at radius 2 is 1.95 bits per heavy atom. The third-order valence-electron chi connectivity index (χ3n) is 2.60. The van der Waals surface area contributed by atoms with Crippen LogP contribution < -0.4 is 5.73 Å². The van der Waals surface area contributed by atoms with Crippen LogP contribution in [0.4, 0.5) is 5.69 Å². The van der Waals surface area contributed by atoms with E-state index in [0.29, 0.717) is 10.6 Å². The smallest absolute Gasteiger partial charge is 0.342 e. The van der Waals surface area contributed by atoms with Gasteiger partial charge in [-0.2, -0.15) is 0 Å². The minimum atomic E-state index is -0.648. The van der Waals surface area contributed by atoms with Crippen molar-refractivity contribution >= 4 is 23.3 Å². The van der Waals surface area contributed by atoms with Crippen LogP contribution in [0, 0.1) is 0 Å². The molecule has 0 fully saturated rings. The number of phenolic OH excluding ortho intramolecular Hbond substituents is 1. The van der Waals surface area contributed by atoms with E-state index < -0.39 is 5.97 Å². The molecule has 0 aliphatic heterocycles. The van der Waals surface area contributed by atoms with Gasteiger partial charge in [0, 0.05) is 10.6 Å². The lowest BCUT2D eigenvalue weighted by atomic mass is 10.2. The van der Waals surface area contributed by atoms with Crippen molar-refractivity contribution in [3.05, 3.63) is 58.6 Å². The van der Waals surface area contributed by atoms with Crippen molar-refractivity contribution in [2.45, 2.75) is 6.61 Å². The Morgan fingerprint density at radius 3 is 2.68 bits per heavy atom. The molecule has 0 atom stereocenters. The number of ether oxygens (including phenoxy) is 1. The fourth-order valence-electron chi connectivity index (χ4n) is 1.56. The van der Waals surface area contributed by atoms with Crippen molar-refractivity contribution in [2.24, 2.45) is 0 Å². The standard InChI is InChI=1S/C14H12ClNO3/c15-11-6-2-1-4-9(11)8-19-14(18)10-5-3-7-12(16)13(10)17/h1-7,17H,8,16H2. The fraction of sp³-hybridized carbons (Fsp3) is 0.0714. The molecule has 2 rings (SSSR count). The first kappa shape index (κ1) is 13.2. The first-order valence-corrected chi connectivity index (χ1v) is 5.95. The minimum absolute atomic E-state index is 0.0343. The van der Waals surface area contributed by atoms with Crippen LogP contribution in [0.2, 0.25) is 5.02 Å². The van der Waals surface area contributed by atoms with E-state index in [2.05, 4.69) is 0 Å². The van der Waals surface area contributed by atoms with Crippen LogP contribution in [0.3, 0.4) is 0 Å². The monoisotopic (exact) mass is 277 g/mol. The van der Waals surface area contributed by atoms with E-state index in [1.807, 2.05) is 0 Å². The van der Waals surface area contributed by atoms with Crippen molar-refractivity contribution in [1.82, 2.24) is 0 Å². The first-order valence-electron chi connectivity index (χ1n) is 5.57.